The van der Waals surface area contributed by atoms with E-state index in [9.17, 15) is 0 Å². The molecule has 2 fully saturated rings. The minimum Gasteiger partial charge on any atom is -0.316 e. The molecule has 1 spiro atoms. The van der Waals surface area contributed by atoms with Crippen molar-refractivity contribution in [3.63, 3.8) is 0 Å². The van der Waals surface area contributed by atoms with Gasteiger partial charge in [-0.1, -0.05) is 53.9 Å². The van der Waals surface area contributed by atoms with Crippen LogP contribution in [0, 0.1) is 11.3 Å². The number of hydrogen-bond donors (Lipinski definition) is 1. The fraction of sp³-hybridized carbons (Fsp3) is 0.647. The highest BCUT2D eigenvalue weighted by molar-refractivity contribution is 9.10. The van der Waals surface area contributed by atoms with Gasteiger partial charge in [0.1, 0.15) is 0 Å². The summed E-state index contributed by atoms with van der Waals surface area (Å²) in [5.41, 5.74) is 2.08. The third-order valence-electron chi connectivity index (χ3n) is 5.44. The van der Waals surface area contributed by atoms with Crippen LogP contribution in [-0.2, 0) is 0 Å². The van der Waals surface area contributed by atoms with Gasteiger partial charge in [0.15, 0.2) is 0 Å². The molecule has 1 heterocycles. The van der Waals surface area contributed by atoms with E-state index in [0.717, 1.165) is 12.5 Å². The topological polar surface area (TPSA) is 12.0 Å². The van der Waals surface area contributed by atoms with Gasteiger partial charge in [-0.2, -0.15) is 0 Å². The number of piperidine rings is 1. The predicted octanol–water partition coefficient (Wildman–Crippen LogP) is 4.72. The van der Waals surface area contributed by atoms with Crippen molar-refractivity contribution in [2.75, 3.05) is 13.1 Å². The van der Waals surface area contributed by atoms with Crippen LogP contribution >= 0.6 is 15.9 Å². The molecule has 1 aliphatic carbocycles. The molecular weight excluding hydrogens is 298 g/mol. The van der Waals surface area contributed by atoms with Gasteiger partial charge in [0, 0.05) is 16.9 Å². The molecule has 2 aliphatic rings. The maximum absolute atomic E-state index is 3.77. The predicted molar refractivity (Wildman–Crippen MR) is 84.4 cm³/mol. The maximum atomic E-state index is 3.77. The van der Waals surface area contributed by atoms with Crippen LogP contribution in [0.5, 0.6) is 0 Å². The Morgan fingerprint density at radius 2 is 1.89 bits per heavy atom. The number of benzene rings is 1. The third-order valence-corrected chi connectivity index (χ3v) is 6.16. The van der Waals surface area contributed by atoms with Gasteiger partial charge in [-0.3, -0.25) is 0 Å². The molecular formula is C17H24BrN. The molecule has 0 amide bonds. The van der Waals surface area contributed by atoms with E-state index in [4.69, 9.17) is 0 Å². The first kappa shape index (κ1) is 13.6. The van der Waals surface area contributed by atoms with Crippen LogP contribution in [0.15, 0.2) is 28.7 Å². The normalized spacial score (nSPS) is 35.5. The van der Waals surface area contributed by atoms with Gasteiger partial charge in [-0.05, 0) is 48.8 Å². The summed E-state index contributed by atoms with van der Waals surface area (Å²) in [7, 11) is 0. The van der Waals surface area contributed by atoms with E-state index in [1.54, 1.807) is 0 Å². The second-order valence-electron chi connectivity index (χ2n) is 6.57. The van der Waals surface area contributed by atoms with Gasteiger partial charge in [-0.25, -0.2) is 0 Å². The molecule has 1 aromatic carbocycles. The lowest BCUT2D eigenvalue weighted by Gasteiger charge is -2.49. The molecule has 1 nitrogen and oxygen atoms in total. The van der Waals surface area contributed by atoms with Crippen molar-refractivity contribution in [2.24, 2.45) is 11.3 Å². The number of hydrogen-bond acceptors (Lipinski definition) is 1. The third kappa shape index (κ3) is 2.62. The van der Waals surface area contributed by atoms with Crippen molar-refractivity contribution in [3.8, 4) is 0 Å². The summed E-state index contributed by atoms with van der Waals surface area (Å²) in [6.45, 7) is 4.77. The zero-order valence-electron chi connectivity index (χ0n) is 11.8. The highest BCUT2D eigenvalue weighted by Gasteiger charge is 2.43. The monoisotopic (exact) mass is 321 g/mol. The molecule has 1 saturated heterocycles. The first-order valence-electron chi connectivity index (χ1n) is 7.66. The Morgan fingerprint density at radius 3 is 2.63 bits per heavy atom. The van der Waals surface area contributed by atoms with Gasteiger partial charge < -0.3 is 5.32 Å². The number of halogens is 1. The van der Waals surface area contributed by atoms with Crippen molar-refractivity contribution in [3.05, 3.63) is 34.3 Å². The van der Waals surface area contributed by atoms with Crippen LogP contribution in [0.25, 0.3) is 0 Å². The smallest absolute Gasteiger partial charge is 0.0210 e. The Labute approximate surface area is 125 Å². The van der Waals surface area contributed by atoms with E-state index in [0.29, 0.717) is 11.3 Å². The average molecular weight is 322 g/mol. The molecule has 1 unspecified atom stereocenters. The van der Waals surface area contributed by atoms with E-state index in [1.807, 2.05) is 0 Å². The van der Waals surface area contributed by atoms with Crippen LogP contribution in [0.1, 0.15) is 50.5 Å². The second-order valence-corrected chi connectivity index (χ2v) is 7.43. The quantitative estimate of drug-likeness (QED) is 0.789. The molecule has 1 N–H and O–H groups in total. The summed E-state index contributed by atoms with van der Waals surface area (Å²) >= 11 is 3.77. The number of nitrogens with one attached hydrogen (secondary N) is 1. The highest BCUT2D eigenvalue weighted by atomic mass is 79.9. The van der Waals surface area contributed by atoms with Gasteiger partial charge in [0.2, 0.25) is 0 Å². The van der Waals surface area contributed by atoms with Crippen LogP contribution in [0.3, 0.4) is 0 Å². The van der Waals surface area contributed by atoms with E-state index < -0.39 is 0 Å². The van der Waals surface area contributed by atoms with Crippen molar-refractivity contribution in [2.45, 2.75) is 44.9 Å². The lowest BCUT2D eigenvalue weighted by atomic mass is 9.59. The second kappa shape index (κ2) is 5.57. The van der Waals surface area contributed by atoms with Crippen molar-refractivity contribution < 1.29 is 0 Å². The zero-order valence-corrected chi connectivity index (χ0v) is 13.4. The van der Waals surface area contributed by atoms with E-state index in [2.05, 4.69) is 52.4 Å². The first-order chi connectivity index (χ1) is 9.21. The molecule has 2 heteroatoms. The number of rotatable bonds is 1. The van der Waals surface area contributed by atoms with Crippen LogP contribution in [0.4, 0.5) is 0 Å². The van der Waals surface area contributed by atoms with E-state index in [1.165, 1.54) is 48.7 Å². The SMILES string of the molecule is CC1CCC2(CCNCC2c2ccccc2Br)CC1. The lowest BCUT2D eigenvalue weighted by Crippen LogP contribution is -2.45. The summed E-state index contributed by atoms with van der Waals surface area (Å²) in [5, 5.41) is 3.62. The zero-order chi connectivity index (χ0) is 13.3. The van der Waals surface area contributed by atoms with E-state index in [-0.39, 0.29) is 0 Å². The molecule has 0 aromatic heterocycles. The summed E-state index contributed by atoms with van der Waals surface area (Å²) in [6, 6.07) is 8.83. The largest absolute Gasteiger partial charge is 0.316 e. The standard InChI is InChI=1S/C17H24BrN/c1-13-6-8-17(9-7-13)10-11-19-12-15(17)14-4-2-3-5-16(14)18/h2-5,13,15,19H,6-12H2,1H3. The van der Waals surface area contributed by atoms with Gasteiger partial charge in [-0.15, -0.1) is 0 Å². The summed E-state index contributed by atoms with van der Waals surface area (Å²) in [5.74, 6) is 1.62. The maximum Gasteiger partial charge on any atom is 0.0210 e. The van der Waals surface area contributed by atoms with Gasteiger partial charge in [0.05, 0.1) is 0 Å². The molecule has 1 aromatic rings. The van der Waals surface area contributed by atoms with Gasteiger partial charge in [0.25, 0.3) is 0 Å². The fourth-order valence-corrected chi connectivity index (χ4v) is 4.67. The Kier molecular flexibility index (Phi) is 4.00. The molecule has 19 heavy (non-hydrogen) atoms. The molecule has 1 saturated carbocycles. The lowest BCUT2D eigenvalue weighted by molar-refractivity contribution is 0.0831. The Hall–Kier alpha value is -0.340. The van der Waals surface area contributed by atoms with Crippen LogP contribution in [-0.4, -0.2) is 13.1 Å². The molecule has 0 radical (unpaired) electrons. The van der Waals surface area contributed by atoms with Gasteiger partial charge >= 0.3 is 0 Å². The first-order valence-corrected chi connectivity index (χ1v) is 8.46. The Balaban J connectivity index is 1.91. The van der Waals surface area contributed by atoms with Crippen LogP contribution < -0.4 is 5.32 Å². The molecule has 104 valence electrons. The minimum absolute atomic E-state index is 0.557. The van der Waals surface area contributed by atoms with Crippen molar-refractivity contribution in [1.82, 2.24) is 5.32 Å². The Morgan fingerprint density at radius 1 is 1.16 bits per heavy atom. The molecule has 1 aliphatic heterocycles. The summed E-state index contributed by atoms with van der Waals surface area (Å²) in [6.07, 6.45) is 7.03. The van der Waals surface area contributed by atoms with Crippen LogP contribution in [0.2, 0.25) is 0 Å². The summed E-state index contributed by atoms with van der Waals surface area (Å²) < 4.78 is 1.29. The van der Waals surface area contributed by atoms with E-state index >= 15 is 0 Å². The fourth-order valence-electron chi connectivity index (χ4n) is 4.11. The minimum atomic E-state index is 0.557. The average Bonchev–Trinajstić information content (AvgIpc) is 2.44. The summed E-state index contributed by atoms with van der Waals surface area (Å²) in [4.78, 5) is 0. The van der Waals surface area contributed by atoms with Crippen molar-refractivity contribution in [1.29, 1.82) is 0 Å². The Bertz CT molecular complexity index is 435. The van der Waals surface area contributed by atoms with Crippen molar-refractivity contribution >= 4 is 15.9 Å². The molecule has 3 rings (SSSR count). The highest BCUT2D eigenvalue weighted by Crippen LogP contribution is 2.52. The molecule has 0 bridgehead atoms. The molecule has 1 atom stereocenters.